The molecule has 4 heterocycles. The van der Waals surface area contributed by atoms with E-state index in [1.165, 1.54) is 11.1 Å². The normalized spacial score (nSPS) is 22.4. The molecule has 0 saturated carbocycles. The number of piperidine rings is 1. The maximum atomic E-state index is 13.3. The van der Waals surface area contributed by atoms with E-state index in [-0.39, 0.29) is 18.1 Å². The van der Waals surface area contributed by atoms with Crippen molar-refractivity contribution in [3.63, 3.8) is 0 Å². The Labute approximate surface area is 202 Å². The van der Waals surface area contributed by atoms with Crippen molar-refractivity contribution < 1.29 is 14.6 Å². The first-order chi connectivity index (χ1) is 15.9. The minimum Gasteiger partial charge on any atom is -0.390 e. The first-order valence-electron chi connectivity index (χ1n) is 11.4. The van der Waals surface area contributed by atoms with E-state index in [4.69, 9.17) is 4.74 Å². The molecule has 0 spiro atoms. The van der Waals surface area contributed by atoms with Crippen molar-refractivity contribution in [3.8, 4) is 0 Å². The second-order valence-electron chi connectivity index (χ2n) is 9.01. The van der Waals surface area contributed by atoms with Crippen molar-refractivity contribution in [2.75, 3.05) is 26.7 Å². The number of halogens is 1. The summed E-state index contributed by atoms with van der Waals surface area (Å²) >= 11 is 3.53. The Morgan fingerprint density at radius 1 is 1.24 bits per heavy atom. The molecular formula is C25H29BrN4O3. The molecule has 0 radical (unpaired) electrons. The van der Waals surface area contributed by atoms with E-state index in [0.29, 0.717) is 24.4 Å². The first kappa shape index (κ1) is 22.5. The average Bonchev–Trinajstić information content (AvgIpc) is 3.26. The Morgan fingerprint density at radius 3 is 2.79 bits per heavy atom. The van der Waals surface area contributed by atoms with Gasteiger partial charge in [-0.25, -0.2) is 4.98 Å². The fourth-order valence-corrected chi connectivity index (χ4v) is 5.58. The molecule has 7 nitrogen and oxygen atoms in total. The van der Waals surface area contributed by atoms with Gasteiger partial charge in [0.1, 0.15) is 11.3 Å². The van der Waals surface area contributed by atoms with E-state index in [1.54, 1.807) is 18.2 Å². The standard InChI is InChI=1S/C25H29BrN4O3/c1-16(33-2)20-11-19(26)13-30-14-21(27-24(20)30)25(32)29-10-8-22(23(31)15-29)28-9-7-17-5-3-4-6-18(17)12-28/h3-6,11,13-14,16,22-23,31H,7-10,12,15H2,1-2H3/t16?,22-,23-/m0/s1. The van der Waals surface area contributed by atoms with Gasteiger partial charge in [0.2, 0.25) is 0 Å². The lowest BCUT2D eigenvalue weighted by atomic mass is 9.94. The highest BCUT2D eigenvalue weighted by Crippen LogP contribution is 2.28. The molecule has 1 saturated heterocycles. The van der Waals surface area contributed by atoms with Gasteiger partial charge in [0.15, 0.2) is 0 Å². The number of hydrogen-bond donors (Lipinski definition) is 1. The average molecular weight is 513 g/mol. The van der Waals surface area contributed by atoms with Gasteiger partial charge in [0.05, 0.1) is 12.2 Å². The largest absolute Gasteiger partial charge is 0.390 e. The Morgan fingerprint density at radius 2 is 2.03 bits per heavy atom. The van der Waals surface area contributed by atoms with Crippen LogP contribution in [0.5, 0.6) is 0 Å². The first-order valence-corrected chi connectivity index (χ1v) is 12.2. The number of benzene rings is 1. The molecule has 3 atom stereocenters. The predicted octanol–water partition coefficient (Wildman–Crippen LogP) is 3.44. The Bertz CT molecular complexity index is 1180. The number of ether oxygens (including phenoxy) is 1. The molecule has 1 aromatic carbocycles. The number of aliphatic hydroxyl groups is 1. The molecule has 1 fully saturated rings. The van der Waals surface area contributed by atoms with Crippen LogP contribution in [0.15, 0.2) is 47.2 Å². The third kappa shape index (κ3) is 4.33. The van der Waals surface area contributed by atoms with E-state index in [9.17, 15) is 9.90 Å². The zero-order valence-corrected chi connectivity index (χ0v) is 20.5. The summed E-state index contributed by atoms with van der Waals surface area (Å²) < 4.78 is 8.23. The van der Waals surface area contributed by atoms with Crippen LogP contribution >= 0.6 is 15.9 Å². The summed E-state index contributed by atoms with van der Waals surface area (Å²) in [6.07, 6.45) is 4.67. The maximum Gasteiger partial charge on any atom is 0.274 e. The number of pyridine rings is 1. The van der Waals surface area contributed by atoms with Gasteiger partial charge >= 0.3 is 0 Å². The highest BCUT2D eigenvalue weighted by atomic mass is 79.9. The number of likely N-dealkylation sites (tertiary alicyclic amines) is 1. The summed E-state index contributed by atoms with van der Waals surface area (Å²) in [6.45, 7) is 4.68. The molecule has 2 aromatic heterocycles. The van der Waals surface area contributed by atoms with Gasteiger partial charge in [-0.15, -0.1) is 0 Å². The minimum absolute atomic E-state index is 0.0635. The molecule has 1 N–H and O–H groups in total. The van der Waals surface area contributed by atoms with Crippen molar-refractivity contribution in [3.05, 3.63) is 69.6 Å². The monoisotopic (exact) mass is 512 g/mol. The van der Waals surface area contributed by atoms with Gasteiger partial charge in [-0.3, -0.25) is 9.69 Å². The topological polar surface area (TPSA) is 70.3 Å². The summed E-state index contributed by atoms with van der Waals surface area (Å²) in [5, 5.41) is 11.0. The van der Waals surface area contributed by atoms with Crippen LogP contribution in [-0.4, -0.2) is 69.1 Å². The number of rotatable bonds is 4. The Hall–Kier alpha value is -2.26. The van der Waals surface area contributed by atoms with Crippen LogP contribution in [0.2, 0.25) is 0 Å². The highest BCUT2D eigenvalue weighted by Gasteiger charge is 2.36. The number of carbonyl (C=O) groups is 1. The molecule has 2 aliphatic rings. The van der Waals surface area contributed by atoms with E-state index in [1.807, 2.05) is 23.6 Å². The van der Waals surface area contributed by atoms with Crippen LogP contribution in [-0.2, 0) is 17.7 Å². The van der Waals surface area contributed by atoms with Gasteiger partial charge < -0.3 is 19.1 Å². The highest BCUT2D eigenvalue weighted by molar-refractivity contribution is 9.10. The minimum atomic E-state index is -0.580. The van der Waals surface area contributed by atoms with Crippen LogP contribution in [0, 0.1) is 0 Å². The van der Waals surface area contributed by atoms with Gasteiger partial charge in [0, 0.05) is 61.8 Å². The SMILES string of the molecule is COC(C)c1cc(Br)cn2cc(C(=O)N3CC[C@H](N4CCc5ccccc5C4)[C@@H](O)C3)nc12. The van der Waals surface area contributed by atoms with Gasteiger partial charge in [-0.2, -0.15) is 0 Å². The van der Waals surface area contributed by atoms with Crippen LogP contribution in [0.1, 0.15) is 46.6 Å². The molecule has 3 aromatic rings. The zero-order chi connectivity index (χ0) is 23.1. The summed E-state index contributed by atoms with van der Waals surface area (Å²) in [4.78, 5) is 22.0. The third-order valence-corrected chi connectivity index (χ3v) is 7.45. The van der Waals surface area contributed by atoms with Crippen molar-refractivity contribution >= 4 is 27.5 Å². The van der Waals surface area contributed by atoms with E-state index >= 15 is 0 Å². The number of methoxy groups -OCH3 is 1. The zero-order valence-electron chi connectivity index (χ0n) is 18.9. The Balaban J connectivity index is 1.31. The van der Waals surface area contributed by atoms with Crippen molar-refractivity contribution in [2.45, 2.75) is 44.6 Å². The predicted molar refractivity (Wildman–Crippen MR) is 129 cm³/mol. The number of imidazole rings is 1. The smallest absolute Gasteiger partial charge is 0.274 e. The molecule has 33 heavy (non-hydrogen) atoms. The molecule has 1 unspecified atom stereocenters. The van der Waals surface area contributed by atoms with Gasteiger partial charge in [0.25, 0.3) is 5.91 Å². The molecule has 0 bridgehead atoms. The second-order valence-corrected chi connectivity index (χ2v) is 9.93. The number of amides is 1. The second kappa shape index (κ2) is 9.18. The summed E-state index contributed by atoms with van der Waals surface area (Å²) in [7, 11) is 1.66. The third-order valence-electron chi connectivity index (χ3n) is 7.02. The van der Waals surface area contributed by atoms with Crippen LogP contribution in [0.3, 0.4) is 0 Å². The van der Waals surface area contributed by atoms with E-state index in [0.717, 1.165) is 36.0 Å². The summed E-state index contributed by atoms with van der Waals surface area (Å²) in [5.74, 6) is -0.146. The number of aliphatic hydroxyl groups excluding tert-OH is 1. The van der Waals surface area contributed by atoms with E-state index in [2.05, 4.69) is 50.1 Å². The van der Waals surface area contributed by atoms with Crippen LogP contribution in [0.25, 0.3) is 5.65 Å². The maximum absolute atomic E-state index is 13.3. The lowest BCUT2D eigenvalue weighted by molar-refractivity contribution is -0.0139. The molecule has 2 aliphatic heterocycles. The fourth-order valence-electron chi connectivity index (χ4n) is 5.11. The molecule has 1 amide bonds. The van der Waals surface area contributed by atoms with Crippen molar-refractivity contribution in [1.82, 2.24) is 19.2 Å². The number of carbonyl (C=O) groups excluding carboxylic acids is 1. The summed E-state index contributed by atoms with van der Waals surface area (Å²) in [5.41, 5.74) is 4.74. The molecule has 174 valence electrons. The number of β-amino-alcohol motifs (C(OH)–C–C–N with tert-alkyl or cyclic N) is 1. The quantitative estimate of drug-likeness (QED) is 0.579. The number of fused-ring (bicyclic) bond motifs is 2. The van der Waals surface area contributed by atoms with E-state index < -0.39 is 6.10 Å². The van der Waals surface area contributed by atoms with Crippen molar-refractivity contribution in [1.29, 1.82) is 0 Å². The molecule has 5 rings (SSSR count). The fraction of sp³-hybridized carbons (Fsp3) is 0.440. The summed E-state index contributed by atoms with van der Waals surface area (Å²) in [6, 6.07) is 10.6. The lowest BCUT2D eigenvalue weighted by Crippen LogP contribution is -2.56. The van der Waals surface area contributed by atoms with Crippen LogP contribution in [0.4, 0.5) is 0 Å². The van der Waals surface area contributed by atoms with Gasteiger partial charge in [-0.1, -0.05) is 24.3 Å². The number of hydrogen-bond acceptors (Lipinski definition) is 5. The van der Waals surface area contributed by atoms with Crippen LogP contribution < -0.4 is 0 Å². The molecule has 0 aliphatic carbocycles. The number of aromatic nitrogens is 2. The lowest BCUT2D eigenvalue weighted by Gasteiger charge is -2.43. The van der Waals surface area contributed by atoms with Gasteiger partial charge in [-0.05, 0) is 52.9 Å². The Kier molecular flexibility index (Phi) is 6.26. The molecular weight excluding hydrogens is 484 g/mol. The molecule has 8 heteroatoms. The number of nitrogens with zero attached hydrogens (tertiary/aromatic N) is 4. The van der Waals surface area contributed by atoms with Crippen molar-refractivity contribution in [2.24, 2.45) is 0 Å².